The van der Waals surface area contributed by atoms with Crippen LogP contribution in [0.25, 0.3) is 0 Å². The van der Waals surface area contributed by atoms with Crippen molar-refractivity contribution in [3.8, 4) is 11.5 Å². The van der Waals surface area contributed by atoms with E-state index >= 15 is 0 Å². The van der Waals surface area contributed by atoms with Gasteiger partial charge in [0.05, 0.1) is 14.2 Å². The average Bonchev–Trinajstić information content (AvgIpc) is 2.59. The van der Waals surface area contributed by atoms with Crippen molar-refractivity contribution in [3.05, 3.63) is 30.5 Å². The van der Waals surface area contributed by atoms with Crippen molar-refractivity contribution in [1.82, 2.24) is 9.97 Å². The molecule has 1 aromatic heterocycles. The van der Waals surface area contributed by atoms with Gasteiger partial charge in [0.15, 0.2) is 11.5 Å². The van der Waals surface area contributed by atoms with Crippen LogP contribution < -0.4 is 19.7 Å². The Hall–Kier alpha value is -2.50. The minimum absolute atomic E-state index is 0.554. The van der Waals surface area contributed by atoms with E-state index in [2.05, 4.69) is 27.1 Å². The summed E-state index contributed by atoms with van der Waals surface area (Å²) >= 11 is 0. The fourth-order valence-electron chi connectivity index (χ4n) is 2.17. The number of hydrogen-bond donors (Lipinski definition) is 1. The number of hydrogen-bond acceptors (Lipinski definition) is 6. The minimum Gasteiger partial charge on any atom is -0.493 e. The zero-order chi connectivity index (χ0) is 16.7. The number of ether oxygens (including phenoxy) is 2. The van der Waals surface area contributed by atoms with Gasteiger partial charge < -0.3 is 19.7 Å². The highest BCUT2D eigenvalue weighted by Gasteiger charge is 2.07. The van der Waals surface area contributed by atoms with Gasteiger partial charge in [-0.1, -0.05) is 13.3 Å². The van der Waals surface area contributed by atoms with E-state index in [1.54, 1.807) is 20.4 Å². The Morgan fingerprint density at radius 2 is 1.91 bits per heavy atom. The molecule has 1 heterocycles. The molecule has 0 unspecified atom stereocenters. The number of methoxy groups -OCH3 is 2. The van der Waals surface area contributed by atoms with Crippen LogP contribution in [0, 0.1) is 0 Å². The summed E-state index contributed by atoms with van der Waals surface area (Å²) in [6.07, 6.45) is 4.05. The number of rotatable bonds is 8. The second-order valence-corrected chi connectivity index (χ2v) is 5.21. The molecule has 2 rings (SSSR count). The van der Waals surface area contributed by atoms with E-state index in [4.69, 9.17) is 9.47 Å². The third-order valence-electron chi connectivity index (χ3n) is 3.52. The average molecular weight is 316 g/mol. The quantitative estimate of drug-likeness (QED) is 0.804. The summed E-state index contributed by atoms with van der Waals surface area (Å²) in [7, 11) is 5.27. The molecule has 124 valence electrons. The van der Waals surface area contributed by atoms with Gasteiger partial charge in [-0.25, -0.2) is 4.98 Å². The van der Waals surface area contributed by atoms with Crippen LogP contribution in [0.4, 0.5) is 17.5 Å². The Morgan fingerprint density at radius 3 is 2.61 bits per heavy atom. The summed E-state index contributed by atoms with van der Waals surface area (Å²) in [5, 5.41) is 3.20. The molecule has 0 aliphatic carbocycles. The van der Waals surface area contributed by atoms with Gasteiger partial charge in [-0.05, 0) is 24.6 Å². The smallest absolute Gasteiger partial charge is 0.229 e. The van der Waals surface area contributed by atoms with E-state index in [0.717, 1.165) is 30.9 Å². The first-order chi connectivity index (χ1) is 11.2. The van der Waals surface area contributed by atoms with Crippen LogP contribution in [0.2, 0.25) is 0 Å². The second kappa shape index (κ2) is 8.22. The maximum atomic E-state index is 5.31. The van der Waals surface area contributed by atoms with E-state index < -0.39 is 0 Å². The summed E-state index contributed by atoms with van der Waals surface area (Å²) in [6, 6.07) is 7.52. The molecule has 0 bridgehead atoms. The van der Waals surface area contributed by atoms with Crippen LogP contribution in [0.15, 0.2) is 30.5 Å². The Bertz CT molecular complexity index is 634. The molecule has 0 atom stereocenters. The maximum Gasteiger partial charge on any atom is 0.229 e. The summed E-state index contributed by atoms with van der Waals surface area (Å²) in [6.45, 7) is 3.15. The highest BCUT2D eigenvalue weighted by molar-refractivity contribution is 5.60. The third kappa shape index (κ3) is 4.48. The maximum absolute atomic E-state index is 5.31. The molecule has 1 N–H and O–H groups in total. The third-order valence-corrected chi connectivity index (χ3v) is 3.52. The molecule has 1 aromatic carbocycles. The minimum atomic E-state index is 0.554. The lowest BCUT2D eigenvalue weighted by Gasteiger charge is -2.18. The largest absolute Gasteiger partial charge is 0.493 e. The SMILES string of the molecule is CCCCN(C)c1ccnc(Nc2ccc(OC)c(OC)c2)n1. The van der Waals surface area contributed by atoms with Gasteiger partial charge in [0.25, 0.3) is 0 Å². The number of nitrogens with zero attached hydrogens (tertiary/aromatic N) is 3. The van der Waals surface area contributed by atoms with Crippen molar-refractivity contribution in [1.29, 1.82) is 0 Å². The number of aromatic nitrogens is 2. The topological polar surface area (TPSA) is 59.5 Å². The highest BCUT2D eigenvalue weighted by Crippen LogP contribution is 2.30. The van der Waals surface area contributed by atoms with Crippen LogP contribution in [0.5, 0.6) is 11.5 Å². The second-order valence-electron chi connectivity index (χ2n) is 5.21. The molecule has 0 radical (unpaired) electrons. The summed E-state index contributed by atoms with van der Waals surface area (Å²) in [5.74, 6) is 2.80. The lowest BCUT2D eigenvalue weighted by atomic mass is 10.3. The molecule has 0 saturated heterocycles. The van der Waals surface area contributed by atoms with Crippen molar-refractivity contribution in [2.75, 3.05) is 38.0 Å². The molecule has 6 heteroatoms. The van der Waals surface area contributed by atoms with Crippen molar-refractivity contribution in [3.63, 3.8) is 0 Å². The van der Waals surface area contributed by atoms with Gasteiger partial charge >= 0.3 is 0 Å². The number of unbranched alkanes of at least 4 members (excludes halogenated alkanes) is 1. The molecule has 0 spiro atoms. The number of nitrogens with one attached hydrogen (secondary N) is 1. The predicted molar refractivity (Wildman–Crippen MR) is 93.0 cm³/mol. The Labute approximate surface area is 137 Å². The summed E-state index contributed by atoms with van der Waals surface area (Å²) in [4.78, 5) is 11.0. The molecule has 0 amide bonds. The van der Waals surface area contributed by atoms with E-state index in [1.807, 2.05) is 31.3 Å². The molecule has 0 aliphatic rings. The summed E-state index contributed by atoms with van der Waals surface area (Å²) in [5.41, 5.74) is 0.844. The molecule has 0 fully saturated rings. The van der Waals surface area contributed by atoms with Crippen molar-refractivity contribution in [2.24, 2.45) is 0 Å². The van der Waals surface area contributed by atoms with Gasteiger partial charge in [0, 0.05) is 31.5 Å². The lowest BCUT2D eigenvalue weighted by Crippen LogP contribution is -2.19. The zero-order valence-corrected chi connectivity index (χ0v) is 14.2. The van der Waals surface area contributed by atoms with Gasteiger partial charge in [-0.2, -0.15) is 4.98 Å². The Morgan fingerprint density at radius 1 is 1.13 bits per heavy atom. The van der Waals surface area contributed by atoms with Gasteiger partial charge in [0.2, 0.25) is 5.95 Å². The zero-order valence-electron chi connectivity index (χ0n) is 14.2. The van der Waals surface area contributed by atoms with E-state index in [9.17, 15) is 0 Å². The number of benzene rings is 1. The first-order valence-electron chi connectivity index (χ1n) is 7.71. The van der Waals surface area contributed by atoms with Crippen LogP contribution in [0.3, 0.4) is 0 Å². The lowest BCUT2D eigenvalue weighted by molar-refractivity contribution is 0.355. The fourth-order valence-corrected chi connectivity index (χ4v) is 2.17. The van der Waals surface area contributed by atoms with Crippen molar-refractivity contribution < 1.29 is 9.47 Å². The van der Waals surface area contributed by atoms with Crippen molar-refractivity contribution >= 4 is 17.5 Å². The number of anilines is 3. The van der Waals surface area contributed by atoms with E-state index in [-0.39, 0.29) is 0 Å². The van der Waals surface area contributed by atoms with Crippen LogP contribution in [-0.2, 0) is 0 Å². The van der Waals surface area contributed by atoms with Crippen LogP contribution >= 0.6 is 0 Å². The molecular weight excluding hydrogens is 292 g/mol. The predicted octanol–water partition coefficient (Wildman–Crippen LogP) is 3.47. The van der Waals surface area contributed by atoms with Crippen LogP contribution in [-0.4, -0.2) is 37.8 Å². The first kappa shape index (κ1) is 16.9. The van der Waals surface area contributed by atoms with Gasteiger partial charge in [-0.3, -0.25) is 0 Å². The standard InChI is InChI=1S/C17H24N4O2/c1-5-6-11-21(2)16-9-10-18-17(20-16)19-13-7-8-14(22-3)15(12-13)23-4/h7-10,12H,5-6,11H2,1-4H3,(H,18,19,20). The first-order valence-corrected chi connectivity index (χ1v) is 7.71. The Balaban J connectivity index is 2.14. The van der Waals surface area contributed by atoms with Gasteiger partial charge in [-0.15, -0.1) is 0 Å². The fraction of sp³-hybridized carbons (Fsp3) is 0.412. The van der Waals surface area contributed by atoms with E-state index in [1.165, 1.54) is 0 Å². The molecule has 0 aliphatic heterocycles. The van der Waals surface area contributed by atoms with Crippen LogP contribution in [0.1, 0.15) is 19.8 Å². The van der Waals surface area contributed by atoms with Crippen molar-refractivity contribution in [2.45, 2.75) is 19.8 Å². The monoisotopic (exact) mass is 316 g/mol. The van der Waals surface area contributed by atoms with E-state index in [0.29, 0.717) is 17.4 Å². The molecular formula is C17H24N4O2. The summed E-state index contributed by atoms with van der Waals surface area (Å²) < 4.78 is 10.5. The molecule has 0 saturated carbocycles. The Kier molecular flexibility index (Phi) is 6.02. The molecule has 2 aromatic rings. The van der Waals surface area contributed by atoms with Gasteiger partial charge in [0.1, 0.15) is 5.82 Å². The molecule has 6 nitrogen and oxygen atoms in total. The normalized spacial score (nSPS) is 10.3. The molecule has 23 heavy (non-hydrogen) atoms. The highest BCUT2D eigenvalue weighted by atomic mass is 16.5.